The topological polar surface area (TPSA) is 103 Å². The maximum Gasteiger partial charge on any atom is 0.148 e. The fourth-order valence-corrected chi connectivity index (χ4v) is 4.66. The highest BCUT2D eigenvalue weighted by molar-refractivity contribution is 6.32. The Morgan fingerprint density at radius 3 is 2.59 bits per heavy atom. The van der Waals surface area contributed by atoms with Crippen LogP contribution in [0.5, 0.6) is 0 Å². The number of nitrogens with zero attached hydrogens (tertiary/aromatic N) is 3. The molecule has 2 aromatic heterocycles. The highest BCUT2D eigenvalue weighted by atomic mass is 35.5. The second kappa shape index (κ2) is 8.94. The molecule has 2 heterocycles. The van der Waals surface area contributed by atoms with E-state index in [4.69, 9.17) is 33.0 Å². The Hall–Kier alpha value is -1.76. The summed E-state index contributed by atoms with van der Waals surface area (Å²) in [6, 6.07) is 6.13. The summed E-state index contributed by atoms with van der Waals surface area (Å²) < 4.78 is 0. The average Bonchev–Trinajstić information content (AvgIpc) is 2.76. The molecule has 6 nitrogen and oxygen atoms in total. The van der Waals surface area contributed by atoms with Gasteiger partial charge in [-0.05, 0) is 56.6 Å². The van der Waals surface area contributed by atoms with Crippen LogP contribution >= 0.6 is 11.6 Å². The van der Waals surface area contributed by atoms with Crippen molar-refractivity contribution < 1.29 is 0 Å². The first-order valence-corrected chi connectivity index (χ1v) is 11.2. The van der Waals surface area contributed by atoms with Gasteiger partial charge in [0, 0.05) is 18.8 Å². The lowest BCUT2D eigenvalue weighted by atomic mass is 9.80. The van der Waals surface area contributed by atoms with E-state index >= 15 is 0 Å². The van der Waals surface area contributed by atoms with E-state index < -0.39 is 5.54 Å². The molecule has 7 heteroatoms. The smallest absolute Gasteiger partial charge is 0.148 e. The second-order valence-electron chi connectivity index (χ2n) is 8.68. The van der Waals surface area contributed by atoms with Gasteiger partial charge in [0.1, 0.15) is 17.3 Å². The van der Waals surface area contributed by atoms with Gasteiger partial charge in [-0.1, -0.05) is 36.9 Å². The summed E-state index contributed by atoms with van der Waals surface area (Å²) in [5.74, 6) is 2.22. The van der Waals surface area contributed by atoms with Crippen molar-refractivity contribution in [2.75, 3.05) is 11.9 Å². The summed E-state index contributed by atoms with van der Waals surface area (Å²) in [6.07, 6.45) is 11.6. The first-order chi connectivity index (χ1) is 14.0. The van der Waals surface area contributed by atoms with Gasteiger partial charge in [-0.3, -0.25) is 0 Å². The molecule has 0 amide bonds. The number of hydrogen-bond acceptors (Lipinski definition) is 6. The van der Waals surface area contributed by atoms with Crippen molar-refractivity contribution in [1.82, 2.24) is 15.0 Å². The molecule has 0 bridgehead atoms. The van der Waals surface area contributed by atoms with Crippen molar-refractivity contribution in [2.24, 2.45) is 17.4 Å². The van der Waals surface area contributed by atoms with E-state index in [9.17, 15) is 0 Å². The fourth-order valence-electron chi connectivity index (χ4n) is 4.47. The van der Waals surface area contributed by atoms with Crippen molar-refractivity contribution >= 4 is 17.4 Å². The molecule has 2 aromatic rings. The summed E-state index contributed by atoms with van der Waals surface area (Å²) in [7, 11) is 0. The predicted molar refractivity (Wildman–Crippen MR) is 118 cm³/mol. The largest absolute Gasteiger partial charge is 0.370 e. The standard InChI is InChI=1S/C22H31ClN6/c23-17-14-27-21(22(25)11-9-16(24)10-12-22)29-20(17)18-7-4-8-19(28-18)26-13-15-5-2-1-3-6-15/h4,7-8,14-16H,1-3,5-6,9-13,24-25H2,(H,26,28). The molecule has 4 rings (SSSR count). The molecule has 0 spiro atoms. The van der Waals surface area contributed by atoms with Crippen molar-refractivity contribution in [3.05, 3.63) is 35.2 Å². The molecule has 0 aliphatic heterocycles. The first kappa shape index (κ1) is 20.5. The minimum absolute atomic E-state index is 0.215. The molecular weight excluding hydrogens is 384 g/mol. The van der Waals surface area contributed by atoms with Crippen LogP contribution in [0, 0.1) is 5.92 Å². The third-order valence-corrected chi connectivity index (χ3v) is 6.68. The van der Waals surface area contributed by atoms with Crippen LogP contribution < -0.4 is 16.8 Å². The molecule has 0 atom stereocenters. The van der Waals surface area contributed by atoms with Gasteiger partial charge in [0.15, 0.2) is 0 Å². The molecule has 2 aliphatic rings. The van der Waals surface area contributed by atoms with Crippen LogP contribution in [0.3, 0.4) is 0 Å². The van der Waals surface area contributed by atoms with Crippen LogP contribution in [0.4, 0.5) is 5.82 Å². The number of nitrogens with one attached hydrogen (secondary N) is 1. The Kier molecular flexibility index (Phi) is 6.32. The molecule has 0 radical (unpaired) electrons. The molecular formula is C22H31ClN6. The second-order valence-corrected chi connectivity index (χ2v) is 9.08. The summed E-state index contributed by atoms with van der Waals surface area (Å²) in [5, 5.41) is 3.99. The first-order valence-electron chi connectivity index (χ1n) is 10.8. The van der Waals surface area contributed by atoms with Crippen molar-refractivity contribution in [3.63, 3.8) is 0 Å². The summed E-state index contributed by atoms with van der Waals surface area (Å²) in [6.45, 7) is 0.964. The van der Waals surface area contributed by atoms with E-state index in [1.165, 1.54) is 32.1 Å². The van der Waals surface area contributed by atoms with Crippen LogP contribution in [0.25, 0.3) is 11.4 Å². The minimum atomic E-state index is -0.550. The Bertz CT molecular complexity index is 828. The van der Waals surface area contributed by atoms with Gasteiger partial charge < -0.3 is 16.8 Å². The van der Waals surface area contributed by atoms with E-state index in [1.54, 1.807) is 6.20 Å². The number of nitrogens with two attached hydrogens (primary N) is 2. The average molecular weight is 415 g/mol. The molecule has 2 saturated carbocycles. The number of hydrogen-bond donors (Lipinski definition) is 3. The van der Waals surface area contributed by atoms with Gasteiger partial charge in [-0.2, -0.15) is 0 Å². The summed E-state index contributed by atoms with van der Waals surface area (Å²) in [4.78, 5) is 14.0. The Balaban J connectivity index is 1.53. The van der Waals surface area contributed by atoms with E-state index in [1.807, 2.05) is 18.2 Å². The number of anilines is 1. The summed E-state index contributed by atoms with van der Waals surface area (Å²) >= 11 is 6.44. The maximum atomic E-state index is 6.64. The highest BCUT2D eigenvalue weighted by Gasteiger charge is 2.35. The van der Waals surface area contributed by atoms with Gasteiger partial charge >= 0.3 is 0 Å². The Morgan fingerprint density at radius 2 is 1.83 bits per heavy atom. The lowest BCUT2D eigenvalue weighted by Gasteiger charge is -2.34. The molecule has 5 N–H and O–H groups in total. The van der Waals surface area contributed by atoms with Crippen LogP contribution in [0.15, 0.2) is 24.4 Å². The van der Waals surface area contributed by atoms with E-state index in [-0.39, 0.29) is 6.04 Å². The van der Waals surface area contributed by atoms with Crippen LogP contribution in [-0.4, -0.2) is 27.5 Å². The van der Waals surface area contributed by atoms with Crippen LogP contribution in [0.1, 0.15) is 63.6 Å². The zero-order valence-electron chi connectivity index (χ0n) is 16.9. The van der Waals surface area contributed by atoms with Gasteiger partial charge in [0.25, 0.3) is 0 Å². The quantitative estimate of drug-likeness (QED) is 0.676. The van der Waals surface area contributed by atoms with Gasteiger partial charge in [-0.15, -0.1) is 0 Å². The SMILES string of the molecule is NC1CCC(N)(c2ncc(Cl)c(-c3cccc(NCC4CCCCC4)n3)n2)CC1. The van der Waals surface area contributed by atoms with Gasteiger partial charge in [-0.25, -0.2) is 15.0 Å². The molecule has 2 aliphatic carbocycles. The Labute approximate surface area is 177 Å². The number of aromatic nitrogens is 3. The Morgan fingerprint density at radius 1 is 1.07 bits per heavy atom. The van der Waals surface area contributed by atoms with Crippen LogP contribution in [-0.2, 0) is 5.54 Å². The zero-order valence-corrected chi connectivity index (χ0v) is 17.7. The van der Waals surface area contributed by atoms with E-state index in [0.29, 0.717) is 16.5 Å². The van der Waals surface area contributed by atoms with E-state index in [0.717, 1.165) is 49.7 Å². The van der Waals surface area contributed by atoms with Gasteiger partial charge in [0.05, 0.1) is 16.3 Å². The third-order valence-electron chi connectivity index (χ3n) is 6.40. The monoisotopic (exact) mass is 414 g/mol. The van der Waals surface area contributed by atoms with Crippen molar-refractivity contribution in [2.45, 2.75) is 69.4 Å². The summed E-state index contributed by atoms with van der Waals surface area (Å²) in [5.41, 5.74) is 13.5. The normalized spacial score (nSPS) is 25.7. The molecule has 2 fully saturated rings. The number of rotatable bonds is 5. The highest BCUT2D eigenvalue weighted by Crippen LogP contribution is 2.34. The number of halogens is 1. The lowest BCUT2D eigenvalue weighted by Crippen LogP contribution is -2.45. The van der Waals surface area contributed by atoms with Crippen molar-refractivity contribution in [3.8, 4) is 11.4 Å². The fraction of sp³-hybridized carbons (Fsp3) is 0.591. The molecule has 0 aromatic carbocycles. The van der Waals surface area contributed by atoms with E-state index in [2.05, 4.69) is 10.3 Å². The van der Waals surface area contributed by atoms with Crippen LogP contribution in [0.2, 0.25) is 5.02 Å². The lowest BCUT2D eigenvalue weighted by molar-refractivity contribution is 0.265. The molecule has 0 saturated heterocycles. The molecule has 156 valence electrons. The molecule has 29 heavy (non-hydrogen) atoms. The predicted octanol–water partition coefficient (Wildman–Crippen LogP) is 4.24. The third kappa shape index (κ3) is 4.87. The van der Waals surface area contributed by atoms with Crippen molar-refractivity contribution in [1.29, 1.82) is 0 Å². The number of pyridine rings is 1. The molecule has 0 unspecified atom stereocenters. The maximum absolute atomic E-state index is 6.64. The minimum Gasteiger partial charge on any atom is -0.370 e. The zero-order chi connectivity index (χ0) is 20.3. The van der Waals surface area contributed by atoms with Gasteiger partial charge in [0.2, 0.25) is 0 Å².